The molecule has 0 bridgehead atoms. The zero-order valence-corrected chi connectivity index (χ0v) is 16.9. The minimum Gasteiger partial charge on any atom is -0.461 e. The van der Waals surface area contributed by atoms with E-state index in [-0.39, 0.29) is 5.82 Å². The van der Waals surface area contributed by atoms with Crippen LogP contribution in [0.5, 0.6) is 0 Å². The van der Waals surface area contributed by atoms with Gasteiger partial charge >= 0.3 is 0 Å². The van der Waals surface area contributed by atoms with Crippen LogP contribution in [0.2, 0.25) is 0 Å². The van der Waals surface area contributed by atoms with Gasteiger partial charge in [-0.15, -0.1) is 5.10 Å². The topological polar surface area (TPSA) is 94.4 Å². The normalized spacial score (nSPS) is 15.4. The molecule has 0 aliphatic carbocycles. The Balaban J connectivity index is 1.32. The van der Waals surface area contributed by atoms with E-state index in [1.54, 1.807) is 24.5 Å². The number of rotatable bonds is 6. The number of halogens is 1. The summed E-state index contributed by atoms with van der Waals surface area (Å²) in [4.78, 5) is 11.3. The largest absolute Gasteiger partial charge is 0.461 e. The molecule has 30 heavy (non-hydrogen) atoms. The average molecular weight is 411 g/mol. The van der Waals surface area contributed by atoms with E-state index in [0.29, 0.717) is 30.0 Å². The maximum atomic E-state index is 13.5. The predicted octanol–water partition coefficient (Wildman–Crippen LogP) is 2.93. The van der Waals surface area contributed by atoms with E-state index < -0.39 is 0 Å². The molecule has 3 aromatic rings. The van der Waals surface area contributed by atoms with Crippen molar-refractivity contribution in [2.24, 2.45) is 4.99 Å². The summed E-state index contributed by atoms with van der Waals surface area (Å²) in [5.41, 5.74) is 0.937. The number of nitrogens with one attached hydrogen (secondary N) is 3. The second kappa shape index (κ2) is 9.43. The quantitative estimate of drug-likeness (QED) is 0.427. The molecule has 0 unspecified atom stereocenters. The smallest absolute Gasteiger partial charge is 0.216 e. The van der Waals surface area contributed by atoms with Crippen molar-refractivity contribution in [3.63, 3.8) is 0 Å². The molecule has 0 radical (unpaired) electrons. The Morgan fingerprint density at radius 1 is 1.30 bits per heavy atom. The van der Waals surface area contributed by atoms with Crippen LogP contribution < -0.4 is 15.5 Å². The molecule has 0 spiro atoms. The molecule has 2 aromatic heterocycles. The minimum absolute atomic E-state index is 0.197. The van der Waals surface area contributed by atoms with Crippen LogP contribution in [0, 0.1) is 5.82 Å². The van der Waals surface area contributed by atoms with Gasteiger partial charge in [-0.25, -0.2) is 14.4 Å². The molecule has 1 fully saturated rings. The summed E-state index contributed by atoms with van der Waals surface area (Å²) >= 11 is 0. The van der Waals surface area contributed by atoms with Crippen LogP contribution in [0.25, 0.3) is 11.6 Å². The van der Waals surface area contributed by atoms with Crippen molar-refractivity contribution < 1.29 is 8.81 Å². The van der Waals surface area contributed by atoms with Crippen LogP contribution in [0.3, 0.4) is 0 Å². The van der Waals surface area contributed by atoms with Crippen molar-refractivity contribution in [2.45, 2.75) is 32.4 Å². The number of nitrogens with zero attached hydrogens (tertiary/aromatic N) is 4. The third-order valence-corrected chi connectivity index (χ3v) is 5.01. The molecular formula is C21H26FN7O. The molecule has 1 saturated heterocycles. The maximum absolute atomic E-state index is 13.5. The SMILES string of the molecule is CCNC(=NCc1nc(-c2ccco2)n[nH]1)NC1CCN(c2cccc(F)c2)CC1. The van der Waals surface area contributed by atoms with Gasteiger partial charge in [0.05, 0.1) is 6.26 Å². The Bertz CT molecular complexity index is 961. The first-order chi connectivity index (χ1) is 14.7. The zero-order valence-electron chi connectivity index (χ0n) is 16.9. The van der Waals surface area contributed by atoms with Crippen molar-refractivity contribution in [1.82, 2.24) is 25.8 Å². The number of aromatic nitrogens is 3. The number of anilines is 1. The highest BCUT2D eigenvalue weighted by atomic mass is 19.1. The Kier molecular flexibility index (Phi) is 6.26. The fraction of sp³-hybridized carbons (Fsp3) is 0.381. The lowest BCUT2D eigenvalue weighted by Gasteiger charge is -2.34. The molecule has 158 valence electrons. The van der Waals surface area contributed by atoms with Gasteiger partial charge in [-0.2, -0.15) is 0 Å². The molecular weight excluding hydrogens is 385 g/mol. The van der Waals surface area contributed by atoms with Crippen molar-refractivity contribution >= 4 is 11.6 Å². The van der Waals surface area contributed by atoms with E-state index in [2.05, 4.69) is 35.7 Å². The summed E-state index contributed by atoms with van der Waals surface area (Å²) in [6, 6.07) is 10.7. The average Bonchev–Trinajstić information content (AvgIpc) is 3.45. The number of guanidine groups is 1. The Labute approximate surface area is 174 Å². The molecule has 0 saturated carbocycles. The van der Waals surface area contributed by atoms with Crippen LogP contribution in [-0.4, -0.2) is 46.8 Å². The number of piperidine rings is 1. The Morgan fingerprint density at radius 2 is 2.17 bits per heavy atom. The molecule has 3 N–H and O–H groups in total. The summed E-state index contributed by atoms with van der Waals surface area (Å²) in [7, 11) is 0. The second-order valence-electron chi connectivity index (χ2n) is 7.16. The van der Waals surface area contributed by atoms with Crippen LogP contribution in [0.1, 0.15) is 25.6 Å². The summed E-state index contributed by atoms with van der Waals surface area (Å²) in [6.07, 6.45) is 3.49. The maximum Gasteiger partial charge on any atom is 0.216 e. The number of benzene rings is 1. The fourth-order valence-corrected chi connectivity index (χ4v) is 3.50. The van der Waals surface area contributed by atoms with Gasteiger partial charge in [0.1, 0.15) is 18.2 Å². The fourth-order valence-electron chi connectivity index (χ4n) is 3.50. The van der Waals surface area contributed by atoms with Crippen LogP contribution in [0.15, 0.2) is 52.1 Å². The Morgan fingerprint density at radius 3 is 2.90 bits per heavy atom. The van der Waals surface area contributed by atoms with Gasteiger partial charge in [0, 0.05) is 31.4 Å². The number of furan rings is 1. The molecule has 0 amide bonds. The van der Waals surface area contributed by atoms with E-state index in [1.165, 1.54) is 6.07 Å². The van der Waals surface area contributed by atoms with Crippen molar-refractivity contribution in [1.29, 1.82) is 0 Å². The number of hydrogen-bond acceptors (Lipinski definition) is 5. The molecule has 1 aliphatic rings. The van der Waals surface area contributed by atoms with E-state index in [9.17, 15) is 4.39 Å². The molecule has 4 rings (SSSR count). The van der Waals surface area contributed by atoms with E-state index in [4.69, 9.17) is 4.42 Å². The first-order valence-corrected chi connectivity index (χ1v) is 10.2. The second-order valence-corrected chi connectivity index (χ2v) is 7.16. The molecule has 3 heterocycles. The zero-order chi connectivity index (χ0) is 20.8. The third-order valence-electron chi connectivity index (χ3n) is 5.01. The van der Waals surface area contributed by atoms with Gasteiger partial charge in [0.2, 0.25) is 5.82 Å². The van der Waals surface area contributed by atoms with Crippen molar-refractivity contribution in [3.05, 3.63) is 54.3 Å². The summed E-state index contributed by atoms with van der Waals surface area (Å²) in [5.74, 6) is 2.36. The third kappa shape index (κ3) is 4.97. The lowest BCUT2D eigenvalue weighted by Crippen LogP contribution is -2.48. The number of aliphatic imine (C=N–C) groups is 1. The predicted molar refractivity (Wildman–Crippen MR) is 114 cm³/mol. The van der Waals surface area contributed by atoms with Gasteiger partial charge in [-0.3, -0.25) is 5.10 Å². The highest BCUT2D eigenvalue weighted by molar-refractivity contribution is 5.80. The number of aromatic amines is 1. The molecule has 1 aliphatic heterocycles. The van der Waals surface area contributed by atoms with E-state index in [1.807, 2.05) is 19.1 Å². The molecule has 8 nitrogen and oxygen atoms in total. The first kappa shape index (κ1) is 19.9. The Hall–Kier alpha value is -3.36. The van der Waals surface area contributed by atoms with Crippen LogP contribution >= 0.6 is 0 Å². The molecule has 1 aromatic carbocycles. The summed E-state index contributed by atoms with van der Waals surface area (Å²) < 4.78 is 18.8. The monoisotopic (exact) mass is 411 g/mol. The van der Waals surface area contributed by atoms with Gasteiger partial charge < -0.3 is 20.0 Å². The van der Waals surface area contributed by atoms with Crippen LogP contribution in [-0.2, 0) is 6.54 Å². The van der Waals surface area contributed by atoms with Crippen molar-refractivity contribution in [2.75, 3.05) is 24.5 Å². The lowest BCUT2D eigenvalue weighted by atomic mass is 10.0. The van der Waals surface area contributed by atoms with Gasteiger partial charge in [0.15, 0.2) is 11.7 Å². The van der Waals surface area contributed by atoms with Crippen LogP contribution in [0.4, 0.5) is 10.1 Å². The standard InChI is InChI=1S/C21H26FN7O/c1-2-23-21(24-14-19-26-20(28-27-19)18-7-4-12-30-18)25-16-8-10-29(11-9-16)17-6-3-5-15(22)13-17/h3-7,12-13,16H,2,8-11,14H2,1H3,(H2,23,24,25)(H,26,27,28). The molecule has 9 heteroatoms. The summed E-state index contributed by atoms with van der Waals surface area (Å²) in [5, 5.41) is 13.9. The van der Waals surface area contributed by atoms with E-state index >= 15 is 0 Å². The highest BCUT2D eigenvalue weighted by Crippen LogP contribution is 2.21. The highest BCUT2D eigenvalue weighted by Gasteiger charge is 2.20. The number of hydrogen-bond donors (Lipinski definition) is 3. The minimum atomic E-state index is -0.197. The van der Waals surface area contributed by atoms with Crippen molar-refractivity contribution in [3.8, 4) is 11.6 Å². The molecule has 0 atom stereocenters. The lowest BCUT2D eigenvalue weighted by molar-refractivity contribution is 0.461. The number of H-pyrrole nitrogens is 1. The van der Waals surface area contributed by atoms with Gasteiger partial charge in [-0.1, -0.05) is 6.07 Å². The van der Waals surface area contributed by atoms with Gasteiger partial charge in [-0.05, 0) is 50.1 Å². The first-order valence-electron chi connectivity index (χ1n) is 10.2. The van der Waals surface area contributed by atoms with Gasteiger partial charge in [0.25, 0.3) is 0 Å². The summed E-state index contributed by atoms with van der Waals surface area (Å²) in [6.45, 7) is 4.92. The van der Waals surface area contributed by atoms with E-state index in [0.717, 1.165) is 44.1 Å².